The summed E-state index contributed by atoms with van der Waals surface area (Å²) in [7, 11) is 0. The summed E-state index contributed by atoms with van der Waals surface area (Å²) in [6.07, 6.45) is 10.5. The molecule has 2 saturated carbocycles. The lowest BCUT2D eigenvalue weighted by atomic mass is 9.55. The molecule has 1 spiro atoms. The van der Waals surface area contributed by atoms with Gasteiger partial charge in [-0.25, -0.2) is 0 Å². The summed E-state index contributed by atoms with van der Waals surface area (Å²) in [6, 6.07) is 0. The topological polar surface area (TPSA) is 29.6 Å². The molecule has 0 radical (unpaired) electrons. The molecule has 4 bridgehead atoms. The van der Waals surface area contributed by atoms with Crippen molar-refractivity contribution in [3.8, 4) is 0 Å². The van der Waals surface area contributed by atoms with Crippen LogP contribution in [0.4, 0.5) is 0 Å². The van der Waals surface area contributed by atoms with E-state index < -0.39 is 0 Å². The highest BCUT2D eigenvalue weighted by molar-refractivity contribution is 5.84. The first-order valence-electron chi connectivity index (χ1n) is 8.01. The average molecular weight is 260 g/mol. The van der Waals surface area contributed by atoms with E-state index in [1.165, 1.54) is 12.8 Å². The second kappa shape index (κ2) is 3.94. The van der Waals surface area contributed by atoms with Gasteiger partial charge in [-0.05, 0) is 49.4 Å². The first-order valence-corrected chi connectivity index (χ1v) is 8.01. The summed E-state index contributed by atoms with van der Waals surface area (Å²) in [6.45, 7) is 4.63. The van der Waals surface area contributed by atoms with Crippen molar-refractivity contribution in [2.75, 3.05) is 0 Å². The summed E-state index contributed by atoms with van der Waals surface area (Å²) in [5.41, 5.74) is -0.0437. The van der Waals surface area contributed by atoms with Gasteiger partial charge in [0.25, 0.3) is 0 Å². The number of ketones is 1. The summed E-state index contributed by atoms with van der Waals surface area (Å²) >= 11 is 0. The fourth-order valence-corrected chi connectivity index (χ4v) is 5.40. The molecule has 2 heteroatoms. The first-order chi connectivity index (χ1) is 9.14. The second-order valence-electron chi connectivity index (χ2n) is 7.37. The molecule has 4 rings (SSSR count). The number of rotatable bonds is 1. The second-order valence-corrected chi connectivity index (χ2v) is 7.37. The van der Waals surface area contributed by atoms with Crippen LogP contribution in [0.25, 0.3) is 0 Å². The predicted octanol–water partition coefficient (Wildman–Crippen LogP) is 3.36. The van der Waals surface area contributed by atoms with Crippen molar-refractivity contribution < 1.29 is 9.53 Å². The Labute approximate surface area is 115 Å². The highest BCUT2D eigenvalue weighted by atomic mass is 16.6. The molecule has 0 aromatic carbocycles. The van der Waals surface area contributed by atoms with Gasteiger partial charge in [-0.3, -0.25) is 4.79 Å². The summed E-state index contributed by atoms with van der Waals surface area (Å²) in [4.78, 5) is 12.5. The minimum Gasteiger partial charge on any atom is -0.365 e. The third-order valence-corrected chi connectivity index (χ3v) is 6.21. The predicted molar refractivity (Wildman–Crippen MR) is 73.6 cm³/mol. The van der Waals surface area contributed by atoms with Crippen LogP contribution in [-0.4, -0.2) is 17.5 Å². The van der Waals surface area contributed by atoms with Gasteiger partial charge in [0.15, 0.2) is 0 Å². The van der Waals surface area contributed by atoms with Crippen LogP contribution in [-0.2, 0) is 9.53 Å². The number of carbonyl (C=O) groups is 1. The maximum atomic E-state index is 12.5. The Kier molecular flexibility index (Phi) is 2.52. The lowest BCUT2D eigenvalue weighted by molar-refractivity contribution is -0.134. The van der Waals surface area contributed by atoms with Gasteiger partial charge in [0.2, 0.25) is 0 Å². The van der Waals surface area contributed by atoms with Gasteiger partial charge in [0.1, 0.15) is 11.4 Å². The van der Waals surface area contributed by atoms with Crippen molar-refractivity contribution in [1.29, 1.82) is 0 Å². The summed E-state index contributed by atoms with van der Waals surface area (Å²) < 4.78 is 6.23. The van der Waals surface area contributed by atoms with E-state index in [-0.39, 0.29) is 11.5 Å². The largest absolute Gasteiger partial charge is 0.365 e. The normalized spacial score (nSPS) is 53.2. The quantitative estimate of drug-likeness (QED) is 0.534. The highest BCUT2D eigenvalue weighted by Gasteiger charge is 2.72. The molecule has 0 unspecified atom stereocenters. The Balaban J connectivity index is 1.81. The maximum Gasteiger partial charge on any atom is 0.139 e. The van der Waals surface area contributed by atoms with Gasteiger partial charge in [0.05, 0.1) is 12.0 Å². The highest BCUT2D eigenvalue weighted by Crippen LogP contribution is 2.64. The molecule has 6 atom stereocenters. The van der Waals surface area contributed by atoms with E-state index in [2.05, 4.69) is 26.0 Å². The number of carbonyl (C=O) groups excluding carboxylic acids is 1. The molecule has 1 saturated heterocycles. The van der Waals surface area contributed by atoms with Crippen molar-refractivity contribution in [2.45, 2.75) is 57.7 Å². The van der Waals surface area contributed by atoms with E-state index in [0.29, 0.717) is 35.6 Å². The Morgan fingerprint density at radius 1 is 1.32 bits per heavy atom. The molecule has 0 aromatic rings. The van der Waals surface area contributed by atoms with E-state index in [1.54, 1.807) is 0 Å². The van der Waals surface area contributed by atoms with E-state index >= 15 is 0 Å². The number of hydrogen-bond donors (Lipinski definition) is 0. The molecule has 19 heavy (non-hydrogen) atoms. The molecule has 0 amide bonds. The van der Waals surface area contributed by atoms with Crippen molar-refractivity contribution in [1.82, 2.24) is 0 Å². The third kappa shape index (κ3) is 1.50. The van der Waals surface area contributed by atoms with E-state index in [4.69, 9.17) is 4.74 Å². The Morgan fingerprint density at radius 2 is 2.16 bits per heavy atom. The molecule has 104 valence electrons. The molecular weight excluding hydrogens is 236 g/mol. The molecule has 3 fully saturated rings. The van der Waals surface area contributed by atoms with Gasteiger partial charge in [-0.1, -0.05) is 26.0 Å². The van der Waals surface area contributed by atoms with E-state index in [1.807, 2.05) is 0 Å². The van der Waals surface area contributed by atoms with Crippen molar-refractivity contribution >= 4 is 5.78 Å². The van der Waals surface area contributed by atoms with Crippen LogP contribution in [0.1, 0.15) is 46.0 Å². The zero-order valence-electron chi connectivity index (χ0n) is 12.0. The monoisotopic (exact) mass is 260 g/mol. The lowest BCUT2D eigenvalue weighted by Gasteiger charge is -2.46. The fraction of sp³-hybridized carbons (Fsp3) is 0.824. The SMILES string of the molecule is CC(C)[C@H]1/C=C\C[C@@H]2CC[C@H]3O[C@@]34[C@@H]2C(=O)CC[C@@H]14. The van der Waals surface area contributed by atoms with Crippen LogP contribution in [0.5, 0.6) is 0 Å². The van der Waals surface area contributed by atoms with Crippen LogP contribution in [0.2, 0.25) is 0 Å². The molecule has 1 heterocycles. The Morgan fingerprint density at radius 3 is 2.95 bits per heavy atom. The molecule has 1 aliphatic heterocycles. The maximum absolute atomic E-state index is 12.5. The molecular formula is C17H24O2. The van der Waals surface area contributed by atoms with E-state index in [9.17, 15) is 4.79 Å². The van der Waals surface area contributed by atoms with Crippen LogP contribution in [0.15, 0.2) is 12.2 Å². The average Bonchev–Trinajstić information content (AvgIpc) is 3.09. The fourth-order valence-electron chi connectivity index (χ4n) is 5.40. The molecule has 0 aromatic heterocycles. The zero-order valence-corrected chi connectivity index (χ0v) is 12.0. The molecule has 0 N–H and O–H groups in total. The minimum absolute atomic E-state index is 0.0437. The molecule has 4 aliphatic rings. The van der Waals surface area contributed by atoms with Gasteiger partial charge < -0.3 is 4.74 Å². The molecule has 2 nitrogen and oxygen atoms in total. The summed E-state index contributed by atoms with van der Waals surface area (Å²) in [5, 5.41) is 0. The Hall–Kier alpha value is -0.630. The van der Waals surface area contributed by atoms with Crippen LogP contribution in [0, 0.1) is 29.6 Å². The zero-order chi connectivity index (χ0) is 13.2. The third-order valence-electron chi connectivity index (χ3n) is 6.21. The lowest BCUT2D eigenvalue weighted by Crippen LogP contribution is -2.53. The van der Waals surface area contributed by atoms with E-state index in [0.717, 1.165) is 19.3 Å². The van der Waals surface area contributed by atoms with Gasteiger partial charge in [-0.15, -0.1) is 0 Å². The smallest absolute Gasteiger partial charge is 0.139 e. The standard InChI is InChI=1S/C17H24O2/c1-10(2)12-5-3-4-11-6-9-15-17(19-15)13(12)7-8-14(18)16(11)17/h3,5,10-13,15-16H,4,6-9H2,1-2H3/b5-3-/t11-,12-,13+,15-,16+,17-/m1/s1. The van der Waals surface area contributed by atoms with Crippen LogP contribution in [0.3, 0.4) is 0 Å². The number of ether oxygens (including phenoxy) is 1. The van der Waals surface area contributed by atoms with Crippen molar-refractivity contribution in [3.05, 3.63) is 12.2 Å². The van der Waals surface area contributed by atoms with Crippen molar-refractivity contribution in [2.24, 2.45) is 29.6 Å². The number of epoxide rings is 1. The van der Waals surface area contributed by atoms with Crippen LogP contribution >= 0.6 is 0 Å². The number of hydrogen-bond acceptors (Lipinski definition) is 2. The number of Topliss-reactive ketones (excluding diaryl/α,β-unsaturated/α-hetero) is 1. The van der Waals surface area contributed by atoms with Crippen molar-refractivity contribution in [3.63, 3.8) is 0 Å². The minimum atomic E-state index is -0.0437. The summed E-state index contributed by atoms with van der Waals surface area (Å²) in [5.74, 6) is 3.10. The van der Waals surface area contributed by atoms with Crippen LogP contribution < -0.4 is 0 Å². The van der Waals surface area contributed by atoms with Gasteiger partial charge in [-0.2, -0.15) is 0 Å². The first kappa shape index (κ1) is 12.1. The molecule has 3 aliphatic carbocycles. The number of allylic oxidation sites excluding steroid dienone is 2. The van der Waals surface area contributed by atoms with Gasteiger partial charge >= 0.3 is 0 Å². The van der Waals surface area contributed by atoms with Gasteiger partial charge in [0, 0.05) is 6.42 Å². The Bertz CT molecular complexity index is 439.